The summed E-state index contributed by atoms with van der Waals surface area (Å²) in [5.74, 6) is -0.0869. The van der Waals surface area contributed by atoms with Crippen molar-refractivity contribution >= 4 is 11.9 Å². The average molecular weight is 907 g/mol. The van der Waals surface area contributed by atoms with E-state index >= 15 is 0 Å². The molecule has 0 bridgehead atoms. The first-order valence-corrected chi connectivity index (χ1v) is 27.4. The van der Waals surface area contributed by atoms with Crippen LogP contribution in [0.15, 0.2) is 24.3 Å². The Morgan fingerprint density at radius 2 is 0.875 bits per heavy atom. The Bertz CT molecular complexity index is 1020. The molecule has 0 saturated carbocycles. The van der Waals surface area contributed by atoms with Gasteiger partial charge in [-0.1, -0.05) is 147 Å². The van der Waals surface area contributed by atoms with Crippen molar-refractivity contribution in [2.75, 3.05) is 59.2 Å². The molecule has 9 nitrogen and oxygen atoms in total. The Balaban J connectivity index is 4.21. The predicted molar refractivity (Wildman–Crippen MR) is 271 cm³/mol. The van der Waals surface area contributed by atoms with Gasteiger partial charge in [-0.2, -0.15) is 0 Å². The first-order chi connectivity index (χ1) is 31.5. The number of nitrogens with zero attached hydrogens (tertiary/aromatic N) is 1. The monoisotopic (exact) mass is 907 g/mol. The quantitative estimate of drug-likeness (QED) is 0.0268. The van der Waals surface area contributed by atoms with Crippen molar-refractivity contribution in [3.8, 4) is 0 Å². The number of hydrogen-bond donors (Lipinski definition) is 4. The van der Waals surface area contributed by atoms with Gasteiger partial charge in [0.1, 0.15) is 0 Å². The first-order valence-electron chi connectivity index (χ1n) is 27.4. The van der Waals surface area contributed by atoms with Gasteiger partial charge in [-0.25, -0.2) is 0 Å². The maximum absolute atomic E-state index is 12.4. The molecule has 0 radical (unpaired) electrons. The zero-order chi connectivity index (χ0) is 46.7. The van der Waals surface area contributed by atoms with E-state index in [0.717, 1.165) is 83.7 Å². The summed E-state index contributed by atoms with van der Waals surface area (Å²) in [7, 11) is 0. The number of hydrogen-bond acceptors (Lipinski definition) is 9. The first kappa shape index (κ1) is 62.2. The van der Waals surface area contributed by atoms with Gasteiger partial charge in [-0.05, 0) is 128 Å². The lowest BCUT2D eigenvalue weighted by Crippen LogP contribution is -2.35. The number of carbonyl (C=O) groups is 2. The molecule has 0 fully saturated rings. The molecule has 0 aliphatic carbocycles. The van der Waals surface area contributed by atoms with Crippen LogP contribution in [0.2, 0.25) is 0 Å². The van der Waals surface area contributed by atoms with Crippen LogP contribution in [0.25, 0.3) is 0 Å². The molecule has 0 rings (SSSR count). The number of rotatable bonds is 52. The van der Waals surface area contributed by atoms with Gasteiger partial charge >= 0.3 is 11.9 Å². The molecule has 0 aromatic heterocycles. The van der Waals surface area contributed by atoms with Crippen LogP contribution >= 0.6 is 0 Å². The molecular weight excluding hydrogens is 801 g/mol. The third-order valence-corrected chi connectivity index (χ3v) is 12.5. The molecule has 0 aromatic carbocycles. The largest absolute Gasteiger partial charge is 0.466 e. The molecule has 0 heterocycles. The summed E-state index contributed by atoms with van der Waals surface area (Å²) >= 11 is 0. The fraction of sp³-hybridized carbons (Fsp3) is 0.891. The van der Waals surface area contributed by atoms with E-state index in [-0.39, 0.29) is 31.1 Å². The van der Waals surface area contributed by atoms with E-state index in [0.29, 0.717) is 52.1 Å². The van der Waals surface area contributed by atoms with Crippen LogP contribution in [0.1, 0.15) is 245 Å². The third kappa shape index (κ3) is 46.7. The van der Waals surface area contributed by atoms with Crippen molar-refractivity contribution < 1.29 is 34.4 Å². The van der Waals surface area contributed by atoms with Crippen molar-refractivity contribution in [3.63, 3.8) is 0 Å². The van der Waals surface area contributed by atoms with E-state index in [2.05, 4.69) is 48.4 Å². The van der Waals surface area contributed by atoms with Gasteiger partial charge in [0.25, 0.3) is 0 Å². The van der Waals surface area contributed by atoms with Gasteiger partial charge in [0.2, 0.25) is 0 Å². The van der Waals surface area contributed by atoms with E-state index in [1.54, 1.807) is 0 Å². The van der Waals surface area contributed by atoms with Gasteiger partial charge in [-0.15, -0.1) is 0 Å². The molecule has 0 aliphatic heterocycles. The molecular formula is C55H106N2O7. The van der Waals surface area contributed by atoms with E-state index < -0.39 is 6.10 Å². The van der Waals surface area contributed by atoms with Gasteiger partial charge in [0, 0.05) is 32.5 Å². The topological polar surface area (TPSA) is 129 Å². The Morgan fingerprint density at radius 1 is 0.484 bits per heavy atom. The number of allylic oxidation sites excluding steroid dienone is 4. The van der Waals surface area contributed by atoms with Crippen molar-refractivity contribution in [3.05, 3.63) is 24.3 Å². The van der Waals surface area contributed by atoms with Crippen LogP contribution in [0.3, 0.4) is 0 Å². The Morgan fingerprint density at radius 3 is 1.33 bits per heavy atom. The number of ether oxygens (including phenoxy) is 2. The second-order valence-corrected chi connectivity index (χ2v) is 18.6. The van der Waals surface area contributed by atoms with Gasteiger partial charge < -0.3 is 30.1 Å². The maximum Gasteiger partial charge on any atom is 0.305 e. The lowest BCUT2D eigenvalue weighted by Gasteiger charge is -2.24. The summed E-state index contributed by atoms with van der Waals surface area (Å²) in [5, 5.41) is 33.4. The molecule has 64 heavy (non-hydrogen) atoms. The van der Waals surface area contributed by atoms with Crippen LogP contribution in [0.5, 0.6) is 0 Å². The molecule has 0 aliphatic rings. The smallest absolute Gasteiger partial charge is 0.305 e. The lowest BCUT2D eigenvalue weighted by molar-refractivity contribution is -0.144. The zero-order valence-corrected chi connectivity index (χ0v) is 42.2. The fourth-order valence-electron chi connectivity index (χ4n) is 8.34. The third-order valence-electron chi connectivity index (χ3n) is 12.5. The minimum Gasteiger partial charge on any atom is -0.466 e. The second-order valence-electron chi connectivity index (χ2n) is 18.6. The molecule has 9 heteroatoms. The number of esters is 2. The summed E-state index contributed by atoms with van der Waals surface area (Å²) in [6.45, 7) is 8.99. The lowest BCUT2D eigenvalue weighted by atomic mass is 9.92. The SMILES string of the molecule is CCCCCCCC/C=C\CCCCCCCC(=O)OCCCCCC(O)C(CCCCOC(=O)CCCCCCC/C=C\CCCCCCCC)CNCCCN(CCO)CCO. The highest BCUT2D eigenvalue weighted by molar-refractivity contribution is 5.69. The number of nitrogens with one attached hydrogen (secondary N) is 1. The minimum absolute atomic E-state index is 0.0785. The number of carbonyl (C=O) groups excluding carboxylic acids is 2. The molecule has 378 valence electrons. The number of aliphatic hydroxyl groups excluding tert-OH is 3. The predicted octanol–water partition coefficient (Wildman–Crippen LogP) is 13.1. The van der Waals surface area contributed by atoms with Gasteiger partial charge in [0.05, 0.1) is 32.5 Å². The summed E-state index contributed by atoms with van der Waals surface area (Å²) in [6, 6.07) is 0. The summed E-state index contributed by atoms with van der Waals surface area (Å²) in [6.07, 6.45) is 49.0. The van der Waals surface area contributed by atoms with Crippen LogP contribution in [-0.4, -0.2) is 97.4 Å². The van der Waals surface area contributed by atoms with Crippen molar-refractivity contribution in [1.29, 1.82) is 0 Å². The summed E-state index contributed by atoms with van der Waals surface area (Å²) < 4.78 is 11.1. The molecule has 0 amide bonds. The van der Waals surface area contributed by atoms with Crippen molar-refractivity contribution in [2.24, 2.45) is 5.92 Å². The number of aliphatic hydroxyl groups is 3. The van der Waals surface area contributed by atoms with Gasteiger partial charge in [0.15, 0.2) is 0 Å². The van der Waals surface area contributed by atoms with E-state index in [1.165, 1.54) is 141 Å². The Kier molecular flexibility index (Phi) is 50.7. The van der Waals surface area contributed by atoms with Crippen LogP contribution in [0.4, 0.5) is 0 Å². The maximum atomic E-state index is 12.4. The van der Waals surface area contributed by atoms with Crippen molar-refractivity contribution in [2.45, 2.75) is 251 Å². The highest BCUT2D eigenvalue weighted by atomic mass is 16.5. The van der Waals surface area contributed by atoms with Crippen LogP contribution in [-0.2, 0) is 19.1 Å². The average Bonchev–Trinajstić information content (AvgIpc) is 3.29. The molecule has 2 unspecified atom stereocenters. The molecule has 0 aromatic rings. The Hall–Kier alpha value is -1.78. The highest BCUT2D eigenvalue weighted by Gasteiger charge is 2.19. The second kappa shape index (κ2) is 52.2. The van der Waals surface area contributed by atoms with Crippen molar-refractivity contribution in [1.82, 2.24) is 10.2 Å². The Labute approximate surface area is 395 Å². The minimum atomic E-state index is -0.430. The van der Waals surface area contributed by atoms with Crippen LogP contribution < -0.4 is 5.32 Å². The highest BCUT2D eigenvalue weighted by Crippen LogP contribution is 2.19. The number of unbranched alkanes of at least 4 members (excludes halogenated alkanes) is 25. The molecule has 0 spiro atoms. The zero-order valence-electron chi connectivity index (χ0n) is 42.2. The van der Waals surface area contributed by atoms with E-state index in [4.69, 9.17) is 9.47 Å². The fourth-order valence-corrected chi connectivity index (χ4v) is 8.34. The normalized spacial score (nSPS) is 12.8. The summed E-state index contributed by atoms with van der Waals surface area (Å²) in [4.78, 5) is 26.7. The standard InChI is InChI=1S/C55H106N2O7/c1-3-5-7-9-11-13-15-17-19-21-23-25-27-29-33-41-54(61)63-49-36-31-32-40-53(60)52(51-56-43-38-44-57(45-47-58)46-48-59)39-35-37-50-64-55(62)42-34-30-28-26-24-22-20-18-16-14-12-10-8-6-4-2/h17-20,52-53,56,58-60H,3-16,21-51H2,1-2H3/b19-17-,20-18-. The molecule has 0 saturated heterocycles. The van der Waals surface area contributed by atoms with E-state index in [1.807, 2.05) is 0 Å². The van der Waals surface area contributed by atoms with E-state index in [9.17, 15) is 24.9 Å². The molecule has 2 atom stereocenters. The van der Waals surface area contributed by atoms with Crippen LogP contribution in [0, 0.1) is 5.92 Å². The van der Waals surface area contributed by atoms with Gasteiger partial charge in [-0.3, -0.25) is 14.5 Å². The summed E-state index contributed by atoms with van der Waals surface area (Å²) in [5.41, 5.74) is 0. The molecule has 4 N–H and O–H groups in total.